The van der Waals surface area contributed by atoms with Gasteiger partial charge in [0, 0.05) is 27.7 Å². The smallest absolute Gasteiger partial charge is 0.143 e. The fraction of sp³-hybridized carbons (Fsp3) is 0.200. The standard InChI is InChI=1S/C15H14BrClFNO/c1-9-5-14(15(20-2)7-12(9)17)19-8-10-6-11(16)3-4-13(10)18/h3-7,19H,8H2,1-2H3. The summed E-state index contributed by atoms with van der Waals surface area (Å²) in [6.45, 7) is 2.27. The fourth-order valence-electron chi connectivity index (χ4n) is 1.84. The van der Waals surface area contributed by atoms with Gasteiger partial charge in [-0.3, -0.25) is 0 Å². The van der Waals surface area contributed by atoms with E-state index in [9.17, 15) is 4.39 Å². The van der Waals surface area contributed by atoms with Gasteiger partial charge in [0.25, 0.3) is 0 Å². The van der Waals surface area contributed by atoms with Crippen LogP contribution < -0.4 is 10.1 Å². The Bertz CT molecular complexity index is 634. The van der Waals surface area contributed by atoms with Crippen molar-refractivity contribution in [3.05, 3.63) is 56.8 Å². The number of rotatable bonds is 4. The highest BCUT2D eigenvalue weighted by Gasteiger charge is 2.08. The van der Waals surface area contributed by atoms with Crippen molar-refractivity contribution in [2.24, 2.45) is 0 Å². The molecule has 0 saturated carbocycles. The molecule has 0 bridgehead atoms. The Kier molecular flexibility index (Phi) is 4.89. The molecule has 5 heteroatoms. The van der Waals surface area contributed by atoms with Crippen LogP contribution in [0, 0.1) is 12.7 Å². The van der Waals surface area contributed by atoms with Gasteiger partial charge in [0.2, 0.25) is 0 Å². The Balaban J connectivity index is 2.22. The SMILES string of the molecule is COc1cc(Cl)c(C)cc1NCc1cc(Br)ccc1F. The first-order valence-corrected chi connectivity index (χ1v) is 7.20. The average Bonchev–Trinajstić information content (AvgIpc) is 2.43. The van der Waals surface area contributed by atoms with E-state index in [0.29, 0.717) is 22.9 Å². The third-order valence-corrected chi connectivity index (χ3v) is 3.86. The average molecular weight is 359 g/mol. The molecule has 0 atom stereocenters. The number of ether oxygens (including phenoxy) is 1. The minimum absolute atomic E-state index is 0.245. The molecule has 20 heavy (non-hydrogen) atoms. The third kappa shape index (κ3) is 3.44. The van der Waals surface area contributed by atoms with Gasteiger partial charge in [-0.05, 0) is 36.8 Å². The van der Waals surface area contributed by atoms with Crippen molar-refractivity contribution in [2.45, 2.75) is 13.5 Å². The van der Waals surface area contributed by atoms with Crippen LogP contribution >= 0.6 is 27.5 Å². The zero-order valence-electron chi connectivity index (χ0n) is 11.1. The molecular formula is C15H14BrClFNO. The summed E-state index contributed by atoms with van der Waals surface area (Å²) in [5, 5.41) is 3.81. The highest BCUT2D eigenvalue weighted by atomic mass is 79.9. The van der Waals surface area contributed by atoms with E-state index < -0.39 is 0 Å². The summed E-state index contributed by atoms with van der Waals surface area (Å²) >= 11 is 9.39. The Morgan fingerprint density at radius 2 is 2.05 bits per heavy atom. The maximum atomic E-state index is 13.7. The zero-order chi connectivity index (χ0) is 14.7. The lowest BCUT2D eigenvalue weighted by Crippen LogP contribution is -2.04. The van der Waals surface area contributed by atoms with Gasteiger partial charge >= 0.3 is 0 Å². The second-order valence-electron chi connectivity index (χ2n) is 4.39. The summed E-state index contributed by atoms with van der Waals surface area (Å²) in [7, 11) is 1.58. The molecule has 0 radical (unpaired) electrons. The summed E-state index contributed by atoms with van der Waals surface area (Å²) in [5.74, 6) is 0.390. The Hall–Kier alpha value is -1.26. The number of halogens is 3. The van der Waals surface area contributed by atoms with E-state index in [1.165, 1.54) is 6.07 Å². The zero-order valence-corrected chi connectivity index (χ0v) is 13.5. The van der Waals surface area contributed by atoms with E-state index in [1.54, 1.807) is 25.3 Å². The molecule has 2 rings (SSSR count). The molecule has 1 N–H and O–H groups in total. The molecule has 0 unspecified atom stereocenters. The molecule has 2 aromatic carbocycles. The van der Waals surface area contributed by atoms with Crippen LogP contribution in [0.4, 0.5) is 10.1 Å². The molecule has 0 amide bonds. The summed E-state index contributed by atoms with van der Waals surface area (Å²) in [6, 6.07) is 8.49. The molecule has 0 aliphatic rings. The number of hydrogen-bond acceptors (Lipinski definition) is 2. The number of benzene rings is 2. The van der Waals surface area contributed by atoms with Gasteiger partial charge in [-0.1, -0.05) is 27.5 Å². The lowest BCUT2D eigenvalue weighted by molar-refractivity contribution is 0.416. The third-order valence-electron chi connectivity index (χ3n) is 2.96. The molecule has 0 heterocycles. The summed E-state index contributed by atoms with van der Waals surface area (Å²) in [4.78, 5) is 0. The van der Waals surface area contributed by atoms with Gasteiger partial charge in [-0.2, -0.15) is 0 Å². The van der Waals surface area contributed by atoms with Crippen LogP contribution in [0.25, 0.3) is 0 Å². The normalized spacial score (nSPS) is 10.4. The van der Waals surface area contributed by atoms with Gasteiger partial charge in [0.05, 0.1) is 12.8 Å². The number of anilines is 1. The predicted molar refractivity (Wildman–Crippen MR) is 84.2 cm³/mol. The first-order valence-electron chi connectivity index (χ1n) is 6.03. The molecule has 0 spiro atoms. The predicted octanol–water partition coefficient (Wildman–Crippen LogP) is 5.17. The monoisotopic (exact) mass is 357 g/mol. The largest absolute Gasteiger partial charge is 0.495 e. The van der Waals surface area contributed by atoms with Crippen LogP contribution in [0.1, 0.15) is 11.1 Å². The van der Waals surface area contributed by atoms with Gasteiger partial charge in [-0.15, -0.1) is 0 Å². The lowest BCUT2D eigenvalue weighted by atomic mass is 10.1. The van der Waals surface area contributed by atoms with E-state index in [-0.39, 0.29) is 5.82 Å². The summed E-state index contributed by atoms with van der Waals surface area (Å²) in [5.41, 5.74) is 2.30. The Labute approximate surface area is 131 Å². The molecule has 0 saturated heterocycles. The molecule has 2 nitrogen and oxygen atoms in total. The van der Waals surface area contributed by atoms with Crippen LogP contribution in [0.15, 0.2) is 34.8 Å². The van der Waals surface area contributed by atoms with Gasteiger partial charge in [0.1, 0.15) is 11.6 Å². The van der Waals surface area contributed by atoms with E-state index in [0.717, 1.165) is 15.7 Å². The van der Waals surface area contributed by atoms with E-state index >= 15 is 0 Å². The highest BCUT2D eigenvalue weighted by molar-refractivity contribution is 9.10. The molecule has 0 aliphatic heterocycles. The van der Waals surface area contributed by atoms with Gasteiger partial charge in [0.15, 0.2) is 0 Å². The van der Waals surface area contributed by atoms with Gasteiger partial charge in [-0.25, -0.2) is 4.39 Å². The topological polar surface area (TPSA) is 21.3 Å². The Morgan fingerprint density at radius 3 is 2.75 bits per heavy atom. The summed E-state index contributed by atoms with van der Waals surface area (Å²) < 4.78 is 19.8. The van der Waals surface area contributed by atoms with Crippen molar-refractivity contribution in [2.75, 3.05) is 12.4 Å². The minimum Gasteiger partial charge on any atom is -0.495 e. The van der Waals surface area contributed by atoms with Crippen molar-refractivity contribution >= 4 is 33.2 Å². The van der Waals surface area contributed by atoms with Crippen LogP contribution in [-0.2, 0) is 6.54 Å². The van der Waals surface area contributed by atoms with Crippen LogP contribution in [-0.4, -0.2) is 7.11 Å². The minimum atomic E-state index is -0.245. The van der Waals surface area contributed by atoms with Crippen molar-refractivity contribution in [3.63, 3.8) is 0 Å². The lowest BCUT2D eigenvalue weighted by Gasteiger charge is -2.13. The number of nitrogens with one attached hydrogen (secondary N) is 1. The fourth-order valence-corrected chi connectivity index (χ4v) is 2.40. The van der Waals surface area contributed by atoms with Crippen LogP contribution in [0.2, 0.25) is 5.02 Å². The maximum Gasteiger partial charge on any atom is 0.143 e. The molecule has 0 fully saturated rings. The first-order chi connectivity index (χ1) is 9.51. The van der Waals surface area contributed by atoms with E-state index in [1.807, 2.05) is 13.0 Å². The molecule has 106 valence electrons. The number of hydrogen-bond donors (Lipinski definition) is 1. The molecular weight excluding hydrogens is 345 g/mol. The van der Waals surface area contributed by atoms with E-state index in [2.05, 4.69) is 21.2 Å². The molecule has 0 aromatic heterocycles. The van der Waals surface area contributed by atoms with Crippen molar-refractivity contribution < 1.29 is 9.13 Å². The maximum absolute atomic E-state index is 13.7. The highest BCUT2D eigenvalue weighted by Crippen LogP contribution is 2.31. The van der Waals surface area contributed by atoms with Crippen molar-refractivity contribution in [1.29, 1.82) is 0 Å². The second-order valence-corrected chi connectivity index (χ2v) is 5.71. The van der Waals surface area contributed by atoms with Gasteiger partial charge < -0.3 is 10.1 Å². The number of methoxy groups -OCH3 is 1. The molecule has 2 aromatic rings. The van der Waals surface area contributed by atoms with Crippen LogP contribution in [0.3, 0.4) is 0 Å². The van der Waals surface area contributed by atoms with Crippen molar-refractivity contribution in [3.8, 4) is 5.75 Å². The molecule has 0 aliphatic carbocycles. The first kappa shape index (κ1) is 15.1. The second kappa shape index (κ2) is 6.46. The quantitative estimate of drug-likeness (QED) is 0.814. The summed E-state index contributed by atoms with van der Waals surface area (Å²) in [6.07, 6.45) is 0. The van der Waals surface area contributed by atoms with E-state index in [4.69, 9.17) is 16.3 Å². The van der Waals surface area contributed by atoms with Crippen molar-refractivity contribution in [1.82, 2.24) is 0 Å². The number of aryl methyl sites for hydroxylation is 1. The van der Waals surface area contributed by atoms with Crippen LogP contribution in [0.5, 0.6) is 5.75 Å². The Morgan fingerprint density at radius 1 is 1.30 bits per heavy atom.